The highest BCUT2D eigenvalue weighted by Gasteiger charge is 1.82. The maximum Gasteiger partial charge on any atom is -0.0149 e. The van der Waals surface area contributed by atoms with E-state index in [1.54, 1.807) is 24.3 Å². The zero-order valence-electron chi connectivity index (χ0n) is 4.79. The molecule has 0 aromatic heterocycles. The first-order chi connectivity index (χ1) is 4.30. The van der Waals surface area contributed by atoms with Gasteiger partial charge in [0.05, 0.1) is 0 Å². The number of rotatable bonds is 1. The molecular weight excluding hydrogens is 114 g/mol. The molecule has 46 valence electrons. The molecule has 0 saturated heterocycles. The number of benzene rings is 1. The van der Waals surface area contributed by atoms with Crippen molar-refractivity contribution in [2.75, 3.05) is 0 Å². The largest absolute Gasteiger partial charge is 0.859 e. The summed E-state index contributed by atoms with van der Waals surface area (Å²) in [6.45, 7) is 0. The lowest BCUT2D eigenvalue weighted by atomic mass is 10.2. The summed E-state index contributed by atoms with van der Waals surface area (Å²) in [5, 5.41) is 17.0. The maximum atomic E-state index is 10.3. The van der Waals surface area contributed by atoms with E-state index in [9.17, 15) is 5.11 Å². The van der Waals surface area contributed by atoms with Crippen molar-refractivity contribution in [1.29, 1.82) is 5.41 Å². The Balaban J connectivity index is 2.98. The third-order valence-corrected chi connectivity index (χ3v) is 1.04. The number of hydrogen-bond donors (Lipinski definition) is 1. The average Bonchev–Trinajstić information content (AvgIpc) is 1.90. The molecule has 0 atom stereocenters. The second-order valence-corrected chi connectivity index (χ2v) is 1.70. The van der Waals surface area contributed by atoms with Gasteiger partial charge in [-0.25, -0.2) is 0 Å². The van der Waals surface area contributed by atoms with Crippen molar-refractivity contribution in [3.05, 3.63) is 35.9 Å². The van der Waals surface area contributed by atoms with Crippen LogP contribution in [0.4, 0.5) is 0 Å². The Morgan fingerprint density at radius 2 is 1.78 bits per heavy atom. The van der Waals surface area contributed by atoms with Crippen molar-refractivity contribution in [3.63, 3.8) is 0 Å². The van der Waals surface area contributed by atoms with E-state index in [1.807, 2.05) is 6.07 Å². The van der Waals surface area contributed by atoms with Crippen molar-refractivity contribution in [1.82, 2.24) is 0 Å². The highest BCUT2D eigenvalue weighted by molar-refractivity contribution is 5.87. The molecule has 0 spiro atoms. The highest BCUT2D eigenvalue weighted by Crippen LogP contribution is 1.94. The van der Waals surface area contributed by atoms with E-state index in [1.165, 1.54) is 0 Å². The van der Waals surface area contributed by atoms with Gasteiger partial charge in [-0.05, 0) is 11.5 Å². The Labute approximate surface area is 53.3 Å². The van der Waals surface area contributed by atoms with Crippen molar-refractivity contribution >= 4 is 5.90 Å². The van der Waals surface area contributed by atoms with E-state index >= 15 is 0 Å². The Bertz CT molecular complexity index is 205. The molecule has 0 fully saturated rings. The topological polar surface area (TPSA) is 46.9 Å². The number of hydrogen-bond acceptors (Lipinski definition) is 2. The lowest BCUT2D eigenvalue weighted by Gasteiger charge is -2.04. The molecule has 0 unspecified atom stereocenters. The molecule has 0 saturated carbocycles. The molecule has 2 heteroatoms. The first-order valence-corrected chi connectivity index (χ1v) is 2.61. The van der Waals surface area contributed by atoms with E-state index in [2.05, 4.69) is 0 Å². The minimum absolute atomic E-state index is 0.442. The number of nitrogens with one attached hydrogen (secondary N) is 1. The Morgan fingerprint density at radius 1 is 1.22 bits per heavy atom. The Kier molecular flexibility index (Phi) is 1.49. The van der Waals surface area contributed by atoms with Crippen molar-refractivity contribution < 1.29 is 5.11 Å². The summed E-state index contributed by atoms with van der Waals surface area (Å²) < 4.78 is 0. The van der Waals surface area contributed by atoms with Crippen LogP contribution in [0.25, 0.3) is 0 Å². The maximum absolute atomic E-state index is 10.3. The molecule has 0 aliphatic heterocycles. The zero-order chi connectivity index (χ0) is 6.69. The molecule has 1 aromatic carbocycles. The normalized spacial score (nSPS) is 8.89. The summed E-state index contributed by atoms with van der Waals surface area (Å²) >= 11 is 0. The molecule has 1 rings (SSSR count). The summed E-state index contributed by atoms with van der Waals surface area (Å²) in [7, 11) is 0. The first-order valence-electron chi connectivity index (χ1n) is 2.61. The summed E-state index contributed by atoms with van der Waals surface area (Å²) in [6.07, 6.45) is 0. The molecule has 0 bridgehead atoms. The lowest BCUT2D eigenvalue weighted by molar-refractivity contribution is -0.214. The molecule has 0 aliphatic carbocycles. The summed E-state index contributed by atoms with van der Waals surface area (Å²) in [5.74, 6) is -0.629. The van der Waals surface area contributed by atoms with Crippen LogP contribution in [0, 0.1) is 5.41 Å². The van der Waals surface area contributed by atoms with E-state index in [0.29, 0.717) is 5.56 Å². The van der Waals surface area contributed by atoms with Gasteiger partial charge in [0, 0.05) is 0 Å². The SMILES string of the molecule is N=C([O-])c1ccccc1. The lowest BCUT2D eigenvalue weighted by Crippen LogP contribution is -2.16. The van der Waals surface area contributed by atoms with Crippen LogP contribution < -0.4 is 5.11 Å². The molecular formula is C7H6NO-. The standard InChI is InChI=1S/C7H7NO/c8-7(9)6-4-2-1-3-5-6/h1-5H,(H2,8,9)/p-1. The average molecular weight is 120 g/mol. The fraction of sp³-hybridized carbons (Fsp3) is 0. The Hall–Kier alpha value is -1.31. The van der Waals surface area contributed by atoms with Gasteiger partial charge in [0.15, 0.2) is 0 Å². The molecule has 0 heterocycles. The summed E-state index contributed by atoms with van der Waals surface area (Å²) in [4.78, 5) is 0. The highest BCUT2D eigenvalue weighted by atomic mass is 16.3. The quantitative estimate of drug-likeness (QED) is 0.422. The minimum Gasteiger partial charge on any atom is -0.859 e. The van der Waals surface area contributed by atoms with Crippen LogP contribution in [0.5, 0.6) is 0 Å². The van der Waals surface area contributed by atoms with Gasteiger partial charge in [-0.2, -0.15) is 0 Å². The zero-order valence-corrected chi connectivity index (χ0v) is 4.79. The van der Waals surface area contributed by atoms with Crippen LogP contribution in [-0.2, 0) is 0 Å². The van der Waals surface area contributed by atoms with Crippen LogP contribution in [0.1, 0.15) is 5.56 Å². The third kappa shape index (κ3) is 1.29. The molecule has 0 radical (unpaired) electrons. The van der Waals surface area contributed by atoms with Crippen LogP contribution in [0.3, 0.4) is 0 Å². The second kappa shape index (κ2) is 2.31. The van der Waals surface area contributed by atoms with Gasteiger partial charge >= 0.3 is 0 Å². The predicted octanol–water partition coefficient (Wildman–Crippen LogP) is 0.372. The van der Waals surface area contributed by atoms with E-state index in [0.717, 1.165) is 0 Å². The second-order valence-electron chi connectivity index (χ2n) is 1.70. The fourth-order valence-electron chi connectivity index (χ4n) is 0.590. The first kappa shape index (κ1) is 5.82. The predicted molar refractivity (Wildman–Crippen MR) is 33.3 cm³/mol. The smallest absolute Gasteiger partial charge is 0.0149 e. The van der Waals surface area contributed by atoms with E-state index in [4.69, 9.17) is 5.41 Å². The fourth-order valence-corrected chi connectivity index (χ4v) is 0.590. The summed E-state index contributed by atoms with van der Waals surface area (Å²) in [5.41, 5.74) is 0.442. The van der Waals surface area contributed by atoms with Crippen LogP contribution in [-0.4, -0.2) is 5.90 Å². The van der Waals surface area contributed by atoms with E-state index in [-0.39, 0.29) is 0 Å². The van der Waals surface area contributed by atoms with Crippen molar-refractivity contribution in [3.8, 4) is 0 Å². The van der Waals surface area contributed by atoms with Crippen molar-refractivity contribution in [2.24, 2.45) is 0 Å². The van der Waals surface area contributed by atoms with Gasteiger partial charge in [-0.3, -0.25) is 0 Å². The van der Waals surface area contributed by atoms with Gasteiger partial charge in [-0.1, -0.05) is 30.3 Å². The minimum atomic E-state index is -0.629. The van der Waals surface area contributed by atoms with Gasteiger partial charge < -0.3 is 10.5 Å². The van der Waals surface area contributed by atoms with Crippen LogP contribution >= 0.6 is 0 Å². The van der Waals surface area contributed by atoms with Crippen LogP contribution in [0.15, 0.2) is 30.3 Å². The van der Waals surface area contributed by atoms with Gasteiger partial charge in [0.1, 0.15) is 0 Å². The molecule has 1 aromatic rings. The molecule has 1 N–H and O–H groups in total. The van der Waals surface area contributed by atoms with Gasteiger partial charge in [-0.15, -0.1) is 0 Å². The van der Waals surface area contributed by atoms with Crippen LogP contribution in [0.2, 0.25) is 0 Å². The summed E-state index contributed by atoms with van der Waals surface area (Å²) in [6, 6.07) is 8.53. The molecule has 0 amide bonds. The van der Waals surface area contributed by atoms with E-state index < -0.39 is 5.90 Å². The third-order valence-electron chi connectivity index (χ3n) is 1.04. The molecule has 0 aliphatic rings. The van der Waals surface area contributed by atoms with Crippen molar-refractivity contribution in [2.45, 2.75) is 0 Å². The Morgan fingerprint density at radius 3 is 2.11 bits per heavy atom. The van der Waals surface area contributed by atoms with Gasteiger partial charge in [0.25, 0.3) is 0 Å². The van der Waals surface area contributed by atoms with Gasteiger partial charge in [0.2, 0.25) is 0 Å². The monoisotopic (exact) mass is 120 g/mol. The molecule has 2 nitrogen and oxygen atoms in total. The molecule has 9 heavy (non-hydrogen) atoms.